The summed E-state index contributed by atoms with van der Waals surface area (Å²) in [5.41, 5.74) is 2.09. The summed E-state index contributed by atoms with van der Waals surface area (Å²) in [5, 5.41) is 12.8. The Bertz CT molecular complexity index is 1430. The van der Waals surface area contributed by atoms with Crippen molar-refractivity contribution in [3.05, 3.63) is 71.8 Å². The largest absolute Gasteiger partial charge is 0.282 e. The Hall–Kier alpha value is -4.39. The Morgan fingerprint density at radius 1 is 1.06 bits per heavy atom. The number of nitrogens with one attached hydrogen (secondary N) is 1. The second-order valence-electron chi connectivity index (χ2n) is 7.63. The van der Waals surface area contributed by atoms with E-state index in [2.05, 4.69) is 35.0 Å². The van der Waals surface area contributed by atoms with Crippen molar-refractivity contribution < 1.29 is 18.0 Å². The summed E-state index contributed by atoms with van der Waals surface area (Å²) in [6.45, 7) is 5.04. The van der Waals surface area contributed by atoms with Crippen LogP contribution in [0, 0.1) is 13.8 Å². The molecule has 178 valence electrons. The van der Waals surface area contributed by atoms with Crippen molar-refractivity contribution >= 4 is 39.2 Å². The number of benzene rings is 1. The second kappa shape index (κ2) is 9.46. The molecule has 35 heavy (non-hydrogen) atoms. The summed E-state index contributed by atoms with van der Waals surface area (Å²) in [6.07, 6.45) is 2.85. The monoisotopic (exact) mass is 492 g/mol. The highest BCUT2D eigenvalue weighted by molar-refractivity contribution is 7.92. The lowest BCUT2D eigenvalue weighted by molar-refractivity contribution is -0.127. The molecular weight excluding hydrogens is 472 g/mol. The van der Waals surface area contributed by atoms with Crippen LogP contribution >= 0.6 is 0 Å². The van der Waals surface area contributed by atoms with Crippen molar-refractivity contribution in [2.24, 2.45) is 15.3 Å². The molecule has 1 aliphatic heterocycles. The molecule has 1 aromatic carbocycles. The molecule has 1 unspecified atom stereocenters. The summed E-state index contributed by atoms with van der Waals surface area (Å²) in [7, 11) is -3.92. The van der Waals surface area contributed by atoms with Crippen molar-refractivity contribution in [2.75, 3.05) is 4.72 Å². The van der Waals surface area contributed by atoms with Crippen LogP contribution in [0.3, 0.4) is 0 Å². The smallest absolute Gasteiger partial charge is 0.269 e. The molecule has 13 heteroatoms. The van der Waals surface area contributed by atoms with Gasteiger partial charge in [-0.05, 0) is 63.2 Å². The van der Waals surface area contributed by atoms with Crippen LogP contribution in [0.2, 0.25) is 0 Å². The van der Waals surface area contributed by atoms with E-state index in [9.17, 15) is 18.0 Å². The number of anilines is 1. The van der Waals surface area contributed by atoms with E-state index < -0.39 is 27.9 Å². The Kier molecular flexibility index (Phi) is 6.42. The number of rotatable bonds is 6. The van der Waals surface area contributed by atoms with Gasteiger partial charge < -0.3 is 0 Å². The van der Waals surface area contributed by atoms with Crippen LogP contribution in [0.25, 0.3) is 0 Å². The van der Waals surface area contributed by atoms with E-state index in [1.54, 1.807) is 32.9 Å². The Morgan fingerprint density at radius 3 is 2.37 bits per heavy atom. The molecule has 0 saturated heterocycles. The third-order valence-corrected chi connectivity index (χ3v) is 6.18. The topological polar surface area (TPSA) is 159 Å². The number of nitrogens with zero attached hydrogens (tertiary/aromatic N) is 7. The molecule has 0 aliphatic carbocycles. The number of hydrogen-bond acceptors (Lipinski definition) is 10. The van der Waals surface area contributed by atoms with Gasteiger partial charge in [0.05, 0.1) is 21.9 Å². The Balaban J connectivity index is 1.46. The van der Waals surface area contributed by atoms with E-state index >= 15 is 0 Å². The number of aromatic nitrogens is 3. The fraction of sp³-hybridized carbons (Fsp3) is 0.182. The van der Waals surface area contributed by atoms with Crippen molar-refractivity contribution in [1.82, 2.24) is 20.0 Å². The van der Waals surface area contributed by atoms with E-state index in [1.165, 1.54) is 42.7 Å². The molecule has 0 radical (unpaired) electrons. The van der Waals surface area contributed by atoms with Gasteiger partial charge in [0.2, 0.25) is 5.95 Å². The van der Waals surface area contributed by atoms with Crippen LogP contribution in [-0.2, 0) is 14.8 Å². The molecule has 0 fully saturated rings. The summed E-state index contributed by atoms with van der Waals surface area (Å²) < 4.78 is 27.7. The molecule has 0 spiro atoms. The molecule has 12 nitrogen and oxygen atoms in total. The first-order valence-corrected chi connectivity index (χ1v) is 11.8. The van der Waals surface area contributed by atoms with Gasteiger partial charge in [0, 0.05) is 23.8 Å². The van der Waals surface area contributed by atoms with E-state index in [-0.39, 0.29) is 16.4 Å². The van der Waals surface area contributed by atoms with Gasteiger partial charge in [-0.1, -0.05) is 0 Å². The maximum atomic E-state index is 12.7. The van der Waals surface area contributed by atoms with Crippen molar-refractivity contribution in [2.45, 2.75) is 31.7 Å². The van der Waals surface area contributed by atoms with E-state index in [0.717, 1.165) is 5.01 Å². The van der Waals surface area contributed by atoms with Gasteiger partial charge in [-0.2, -0.15) is 20.3 Å². The third-order valence-electron chi connectivity index (χ3n) is 4.84. The zero-order valence-corrected chi connectivity index (χ0v) is 19.8. The first kappa shape index (κ1) is 23.8. The van der Waals surface area contributed by atoms with Crippen LogP contribution in [0.15, 0.2) is 75.1 Å². The van der Waals surface area contributed by atoms with Crippen molar-refractivity contribution in [3.63, 3.8) is 0 Å². The normalized spacial score (nSPS) is 16.0. The molecular formula is C22H20N8O4S. The molecule has 0 saturated carbocycles. The highest BCUT2D eigenvalue weighted by Gasteiger charge is 2.38. The van der Waals surface area contributed by atoms with Gasteiger partial charge in [0.15, 0.2) is 6.04 Å². The number of azo groups is 1. The summed E-state index contributed by atoms with van der Waals surface area (Å²) in [4.78, 5) is 37.2. The number of hydrogen-bond donors (Lipinski definition) is 1. The lowest BCUT2D eigenvalue weighted by Crippen LogP contribution is -2.34. The lowest BCUT2D eigenvalue weighted by atomic mass is 10.2. The van der Waals surface area contributed by atoms with Crippen LogP contribution < -0.4 is 4.72 Å². The first-order chi connectivity index (χ1) is 16.6. The number of hydrazone groups is 1. The Morgan fingerprint density at radius 2 is 1.74 bits per heavy atom. The predicted molar refractivity (Wildman–Crippen MR) is 126 cm³/mol. The number of carbonyl (C=O) groups is 2. The van der Waals surface area contributed by atoms with Gasteiger partial charge in [-0.25, -0.2) is 23.1 Å². The van der Waals surface area contributed by atoms with Crippen LogP contribution in [0.1, 0.15) is 28.7 Å². The first-order valence-electron chi connectivity index (χ1n) is 10.3. The molecule has 3 heterocycles. The van der Waals surface area contributed by atoms with Crippen LogP contribution in [0.5, 0.6) is 0 Å². The van der Waals surface area contributed by atoms with Crippen LogP contribution in [-0.4, -0.2) is 51.9 Å². The number of carbonyl (C=O) groups excluding carboxylic acids is 2. The quantitative estimate of drug-likeness (QED) is 0.409. The van der Waals surface area contributed by atoms with Crippen molar-refractivity contribution in [3.8, 4) is 0 Å². The molecule has 0 bridgehead atoms. The molecule has 1 aliphatic rings. The number of aryl methyl sites for hydroxylation is 2. The predicted octanol–water partition coefficient (Wildman–Crippen LogP) is 2.80. The molecule has 3 aromatic rings. The zero-order chi connectivity index (χ0) is 25.2. The second-order valence-corrected chi connectivity index (χ2v) is 9.31. The fourth-order valence-electron chi connectivity index (χ4n) is 3.21. The third kappa shape index (κ3) is 5.24. The fourth-order valence-corrected chi connectivity index (χ4v) is 4.16. The minimum atomic E-state index is -3.92. The van der Waals surface area contributed by atoms with E-state index in [4.69, 9.17) is 0 Å². The highest BCUT2D eigenvalue weighted by atomic mass is 32.2. The van der Waals surface area contributed by atoms with E-state index in [0.29, 0.717) is 22.8 Å². The van der Waals surface area contributed by atoms with Gasteiger partial charge in [-0.3, -0.25) is 14.6 Å². The average Bonchev–Trinajstić information content (AvgIpc) is 3.10. The summed E-state index contributed by atoms with van der Waals surface area (Å²) in [5.74, 6) is -1.28. The molecule has 1 N–H and O–H groups in total. The van der Waals surface area contributed by atoms with Gasteiger partial charge >= 0.3 is 0 Å². The van der Waals surface area contributed by atoms with Gasteiger partial charge in [0.25, 0.3) is 21.8 Å². The average molecular weight is 493 g/mol. The molecule has 1 atom stereocenters. The van der Waals surface area contributed by atoms with Gasteiger partial charge in [-0.15, -0.1) is 0 Å². The van der Waals surface area contributed by atoms with Gasteiger partial charge in [0.1, 0.15) is 0 Å². The maximum absolute atomic E-state index is 12.7. The van der Waals surface area contributed by atoms with E-state index in [1.807, 2.05) is 0 Å². The number of pyridine rings is 1. The minimum absolute atomic E-state index is 0.0221. The van der Waals surface area contributed by atoms with Crippen LogP contribution in [0.4, 0.5) is 11.6 Å². The SMILES string of the molecule is CC1=NN(C(=O)c2cccnc2)C(=O)C1N=Nc1ccc(S(=O)(=O)Nc2nc(C)cc(C)n2)cc1. The number of amides is 2. The summed E-state index contributed by atoms with van der Waals surface area (Å²) >= 11 is 0. The highest BCUT2D eigenvalue weighted by Crippen LogP contribution is 2.21. The molecule has 4 rings (SSSR count). The standard InChI is InChI=1S/C22H20N8O4S/c1-13-11-14(2)25-22(24-13)29-35(33,34)18-8-6-17(7-9-18)26-27-19-15(3)28-30(21(19)32)20(31)16-5-4-10-23-12-16/h4-12,19H,1-3H3,(H,24,25,29). The molecule has 2 amide bonds. The maximum Gasteiger partial charge on any atom is 0.282 e. The molecule has 2 aromatic heterocycles. The summed E-state index contributed by atoms with van der Waals surface area (Å²) in [6, 6.07) is 9.32. The lowest BCUT2D eigenvalue weighted by Gasteiger charge is -2.10. The van der Waals surface area contributed by atoms with Crippen molar-refractivity contribution in [1.29, 1.82) is 0 Å². The zero-order valence-electron chi connectivity index (χ0n) is 18.9. The Labute approximate surface area is 200 Å². The minimum Gasteiger partial charge on any atom is -0.269 e. The number of sulfonamides is 1. The number of imide groups is 1.